The van der Waals surface area contributed by atoms with Gasteiger partial charge in [-0.05, 0) is 32.0 Å². The van der Waals surface area contributed by atoms with Crippen LogP contribution in [-0.4, -0.2) is 32.1 Å². The van der Waals surface area contributed by atoms with Gasteiger partial charge in [0.2, 0.25) is 0 Å². The van der Waals surface area contributed by atoms with Gasteiger partial charge in [0, 0.05) is 28.6 Å². The summed E-state index contributed by atoms with van der Waals surface area (Å²) in [5.74, 6) is -0.126. The molecular formula is C14H21Cl2N2O+. The van der Waals surface area contributed by atoms with Crippen molar-refractivity contribution in [2.24, 2.45) is 0 Å². The van der Waals surface area contributed by atoms with Gasteiger partial charge < -0.3 is 10.2 Å². The minimum absolute atomic E-state index is 0.126. The first-order valence-corrected chi connectivity index (χ1v) is 7.40. The second-order valence-corrected chi connectivity index (χ2v) is 5.35. The molecule has 0 saturated carbocycles. The Morgan fingerprint density at radius 1 is 1.16 bits per heavy atom. The molecule has 1 aromatic rings. The Morgan fingerprint density at radius 3 is 2.26 bits per heavy atom. The van der Waals surface area contributed by atoms with Crippen molar-refractivity contribution in [1.82, 2.24) is 5.32 Å². The molecule has 106 valence electrons. The minimum atomic E-state index is -0.126. The van der Waals surface area contributed by atoms with Gasteiger partial charge in [-0.1, -0.05) is 23.2 Å². The lowest BCUT2D eigenvalue weighted by molar-refractivity contribution is -0.896. The van der Waals surface area contributed by atoms with Crippen molar-refractivity contribution in [3.63, 3.8) is 0 Å². The SMILES string of the molecule is CC[NH+](CC)CCCNC(=O)c1cc(Cl)cc(Cl)c1. The fourth-order valence-electron chi connectivity index (χ4n) is 1.93. The number of rotatable bonds is 7. The van der Waals surface area contributed by atoms with E-state index in [0.717, 1.165) is 26.1 Å². The van der Waals surface area contributed by atoms with E-state index < -0.39 is 0 Å². The molecule has 1 aromatic carbocycles. The van der Waals surface area contributed by atoms with E-state index in [1.807, 2.05) is 0 Å². The zero-order valence-corrected chi connectivity index (χ0v) is 12.9. The highest BCUT2D eigenvalue weighted by Crippen LogP contribution is 2.18. The summed E-state index contributed by atoms with van der Waals surface area (Å²) in [7, 11) is 0. The molecule has 1 rings (SSSR count). The Bertz CT molecular complexity index is 400. The summed E-state index contributed by atoms with van der Waals surface area (Å²) < 4.78 is 0. The van der Waals surface area contributed by atoms with E-state index in [1.54, 1.807) is 23.1 Å². The van der Waals surface area contributed by atoms with E-state index in [2.05, 4.69) is 19.2 Å². The molecule has 0 aliphatic rings. The van der Waals surface area contributed by atoms with Crippen LogP contribution < -0.4 is 10.2 Å². The van der Waals surface area contributed by atoms with E-state index in [0.29, 0.717) is 22.2 Å². The maximum atomic E-state index is 11.9. The average molecular weight is 304 g/mol. The molecule has 0 fully saturated rings. The minimum Gasteiger partial charge on any atom is -0.352 e. The van der Waals surface area contributed by atoms with Crippen LogP contribution in [0, 0.1) is 0 Å². The van der Waals surface area contributed by atoms with Crippen molar-refractivity contribution in [2.45, 2.75) is 20.3 Å². The zero-order chi connectivity index (χ0) is 14.3. The summed E-state index contributed by atoms with van der Waals surface area (Å²) in [6, 6.07) is 4.86. The molecule has 0 aromatic heterocycles. The van der Waals surface area contributed by atoms with Gasteiger partial charge in [0.15, 0.2) is 0 Å². The first-order valence-electron chi connectivity index (χ1n) is 6.64. The highest BCUT2D eigenvalue weighted by molar-refractivity contribution is 6.35. The third kappa shape index (κ3) is 5.81. The third-order valence-corrected chi connectivity index (χ3v) is 3.55. The van der Waals surface area contributed by atoms with Crippen molar-refractivity contribution >= 4 is 29.1 Å². The Kier molecular flexibility index (Phi) is 7.21. The number of amides is 1. The lowest BCUT2D eigenvalue weighted by Crippen LogP contribution is -3.11. The summed E-state index contributed by atoms with van der Waals surface area (Å²) in [5.41, 5.74) is 0.507. The molecule has 19 heavy (non-hydrogen) atoms. The average Bonchev–Trinajstić information content (AvgIpc) is 2.37. The molecule has 0 atom stereocenters. The Morgan fingerprint density at radius 2 is 1.74 bits per heavy atom. The number of carbonyl (C=O) groups excluding carboxylic acids is 1. The molecule has 0 saturated heterocycles. The van der Waals surface area contributed by atoms with Crippen LogP contribution in [0.3, 0.4) is 0 Å². The lowest BCUT2D eigenvalue weighted by atomic mass is 10.2. The van der Waals surface area contributed by atoms with Crippen molar-refractivity contribution in [2.75, 3.05) is 26.2 Å². The highest BCUT2D eigenvalue weighted by Gasteiger charge is 2.08. The molecule has 0 bridgehead atoms. The molecule has 3 nitrogen and oxygen atoms in total. The van der Waals surface area contributed by atoms with Gasteiger partial charge in [0.05, 0.1) is 19.6 Å². The van der Waals surface area contributed by atoms with E-state index in [-0.39, 0.29) is 5.91 Å². The van der Waals surface area contributed by atoms with Gasteiger partial charge in [-0.3, -0.25) is 4.79 Å². The summed E-state index contributed by atoms with van der Waals surface area (Å²) in [6.07, 6.45) is 0.969. The first kappa shape index (κ1) is 16.3. The number of quaternary nitrogens is 1. The number of hydrogen-bond donors (Lipinski definition) is 2. The van der Waals surface area contributed by atoms with E-state index in [4.69, 9.17) is 23.2 Å². The van der Waals surface area contributed by atoms with E-state index in [9.17, 15) is 4.79 Å². The first-order chi connectivity index (χ1) is 9.06. The molecule has 0 aliphatic heterocycles. The maximum absolute atomic E-state index is 11.9. The van der Waals surface area contributed by atoms with Gasteiger partial charge in [-0.15, -0.1) is 0 Å². The molecule has 0 aliphatic carbocycles. The normalized spacial score (nSPS) is 10.8. The number of benzene rings is 1. The topological polar surface area (TPSA) is 33.5 Å². The Labute approximate surface area is 124 Å². The van der Waals surface area contributed by atoms with Gasteiger partial charge in [-0.2, -0.15) is 0 Å². The van der Waals surface area contributed by atoms with Crippen LogP contribution in [0.15, 0.2) is 18.2 Å². The van der Waals surface area contributed by atoms with Crippen LogP contribution in [0.2, 0.25) is 10.0 Å². The van der Waals surface area contributed by atoms with Crippen LogP contribution in [-0.2, 0) is 0 Å². The van der Waals surface area contributed by atoms with Crippen LogP contribution >= 0.6 is 23.2 Å². The zero-order valence-electron chi connectivity index (χ0n) is 11.4. The molecule has 0 spiro atoms. The predicted molar refractivity (Wildman–Crippen MR) is 80.3 cm³/mol. The highest BCUT2D eigenvalue weighted by atomic mass is 35.5. The maximum Gasteiger partial charge on any atom is 0.251 e. The van der Waals surface area contributed by atoms with Gasteiger partial charge in [0.25, 0.3) is 5.91 Å². The van der Waals surface area contributed by atoms with Gasteiger partial charge in [0.1, 0.15) is 0 Å². The predicted octanol–water partition coefficient (Wildman–Crippen LogP) is 2.04. The standard InChI is InChI=1S/C14H20Cl2N2O/c1-3-18(4-2)7-5-6-17-14(19)11-8-12(15)10-13(16)9-11/h8-10H,3-7H2,1-2H3,(H,17,19)/p+1. The summed E-state index contributed by atoms with van der Waals surface area (Å²) >= 11 is 11.7. The molecule has 0 radical (unpaired) electrons. The van der Waals surface area contributed by atoms with Crippen LogP contribution in [0.5, 0.6) is 0 Å². The smallest absolute Gasteiger partial charge is 0.251 e. The largest absolute Gasteiger partial charge is 0.352 e. The summed E-state index contributed by atoms with van der Waals surface area (Å²) in [5, 5.41) is 3.84. The molecular weight excluding hydrogens is 283 g/mol. The van der Waals surface area contributed by atoms with Crippen LogP contribution in [0.25, 0.3) is 0 Å². The van der Waals surface area contributed by atoms with Crippen molar-refractivity contribution < 1.29 is 9.69 Å². The van der Waals surface area contributed by atoms with Gasteiger partial charge in [-0.25, -0.2) is 0 Å². The summed E-state index contributed by atoms with van der Waals surface area (Å²) in [6.45, 7) is 8.33. The number of nitrogens with one attached hydrogen (secondary N) is 2. The van der Waals surface area contributed by atoms with Crippen molar-refractivity contribution in [3.05, 3.63) is 33.8 Å². The van der Waals surface area contributed by atoms with Gasteiger partial charge >= 0.3 is 0 Å². The summed E-state index contributed by atoms with van der Waals surface area (Å²) in [4.78, 5) is 13.4. The number of hydrogen-bond acceptors (Lipinski definition) is 1. The third-order valence-electron chi connectivity index (χ3n) is 3.12. The fraction of sp³-hybridized carbons (Fsp3) is 0.500. The number of halogens is 2. The Balaban J connectivity index is 2.39. The van der Waals surface area contributed by atoms with E-state index >= 15 is 0 Å². The lowest BCUT2D eigenvalue weighted by Gasteiger charge is -2.15. The fourth-order valence-corrected chi connectivity index (χ4v) is 2.46. The van der Waals surface area contributed by atoms with Crippen LogP contribution in [0.4, 0.5) is 0 Å². The molecule has 0 heterocycles. The quantitative estimate of drug-likeness (QED) is 0.743. The van der Waals surface area contributed by atoms with Crippen LogP contribution in [0.1, 0.15) is 30.6 Å². The second kappa shape index (κ2) is 8.41. The Hall–Kier alpha value is -0.770. The molecule has 2 N–H and O–H groups in total. The van der Waals surface area contributed by atoms with Crippen molar-refractivity contribution in [1.29, 1.82) is 0 Å². The monoisotopic (exact) mass is 303 g/mol. The molecule has 1 amide bonds. The van der Waals surface area contributed by atoms with Crippen molar-refractivity contribution in [3.8, 4) is 0 Å². The molecule has 0 unspecified atom stereocenters. The molecule has 5 heteroatoms. The second-order valence-electron chi connectivity index (χ2n) is 4.47. The number of carbonyl (C=O) groups is 1. The van der Waals surface area contributed by atoms with E-state index in [1.165, 1.54) is 0 Å².